The summed E-state index contributed by atoms with van der Waals surface area (Å²) in [5.74, 6) is -0.394. The molecule has 0 radical (unpaired) electrons. The molecule has 0 aliphatic carbocycles. The largest absolute Gasteiger partial charge is 0.313 e. The van der Waals surface area contributed by atoms with Crippen molar-refractivity contribution in [2.24, 2.45) is 0 Å². The molecule has 7 heteroatoms. The van der Waals surface area contributed by atoms with Crippen LogP contribution in [0.1, 0.15) is 21.6 Å². The highest BCUT2D eigenvalue weighted by molar-refractivity contribution is 7.16. The Labute approximate surface area is 136 Å². The van der Waals surface area contributed by atoms with Crippen LogP contribution in [-0.2, 0) is 4.79 Å². The number of nitro benzene ring substituents is 1. The van der Waals surface area contributed by atoms with E-state index in [2.05, 4.69) is 11.4 Å². The van der Waals surface area contributed by atoms with Gasteiger partial charge in [0, 0.05) is 23.1 Å². The third-order valence-corrected chi connectivity index (χ3v) is 4.36. The number of benzene rings is 1. The Morgan fingerprint density at radius 1 is 1.43 bits per heavy atom. The number of carbonyl (C=O) groups excluding carboxylic acids is 1. The molecule has 2 aromatic rings. The normalized spacial score (nSPS) is 10.5. The van der Waals surface area contributed by atoms with Gasteiger partial charge in [-0.1, -0.05) is 12.1 Å². The lowest BCUT2D eigenvalue weighted by molar-refractivity contribution is -0.384. The molecule has 0 aliphatic rings. The van der Waals surface area contributed by atoms with Gasteiger partial charge in [0.1, 0.15) is 11.1 Å². The number of carbonyl (C=O) groups is 1. The average molecular weight is 327 g/mol. The topological polar surface area (TPSA) is 96.0 Å². The van der Waals surface area contributed by atoms with Gasteiger partial charge in [-0.15, -0.1) is 11.3 Å². The average Bonchev–Trinajstić information content (AvgIpc) is 2.79. The molecule has 0 bridgehead atoms. The minimum absolute atomic E-state index is 0.0381. The molecule has 1 heterocycles. The lowest BCUT2D eigenvalue weighted by Gasteiger charge is -1.99. The smallest absolute Gasteiger partial charge is 0.270 e. The summed E-state index contributed by atoms with van der Waals surface area (Å²) in [6, 6.07) is 8.06. The Morgan fingerprint density at radius 2 is 2.17 bits per heavy atom. The van der Waals surface area contributed by atoms with Crippen molar-refractivity contribution in [3.05, 3.63) is 62.0 Å². The van der Waals surface area contributed by atoms with Crippen molar-refractivity contribution in [2.45, 2.75) is 13.8 Å². The van der Waals surface area contributed by atoms with E-state index in [9.17, 15) is 14.9 Å². The number of nitrogens with zero attached hydrogens (tertiary/aromatic N) is 2. The second-order valence-corrected chi connectivity index (χ2v) is 6.00. The lowest BCUT2D eigenvalue weighted by atomic mass is 10.2. The van der Waals surface area contributed by atoms with Crippen LogP contribution >= 0.6 is 11.3 Å². The third kappa shape index (κ3) is 3.81. The first-order chi connectivity index (χ1) is 10.9. The van der Waals surface area contributed by atoms with Crippen molar-refractivity contribution in [3.63, 3.8) is 0 Å². The Morgan fingerprint density at radius 3 is 2.83 bits per heavy atom. The van der Waals surface area contributed by atoms with Crippen LogP contribution in [0.3, 0.4) is 0 Å². The van der Waals surface area contributed by atoms with E-state index >= 15 is 0 Å². The number of hydrogen-bond acceptors (Lipinski definition) is 5. The summed E-state index contributed by atoms with van der Waals surface area (Å²) < 4.78 is 0. The molecular formula is C16H13N3O3S. The molecule has 1 aromatic carbocycles. The van der Waals surface area contributed by atoms with E-state index in [1.165, 1.54) is 35.6 Å². The van der Waals surface area contributed by atoms with Crippen LogP contribution < -0.4 is 5.32 Å². The summed E-state index contributed by atoms with van der Waals surface area (Å²) in [5, 5.41) is 23.0. The van der Waals surface area contributed by atoms with Gasteiger partial charge in [0.05, 0.1) is 10.5 Å². The van der Waals surface area contributed by atoms with E-state index in [-0.39, 0.29) is 5.69 Å². The number of anilines is 1. The van der Waals surface area contributed by atoms with Crippen molar-refractivity contribution in [3.8, 4) is 6.07 Å². The van der Waals surface area contributed by atoms with Gasteiger partial charge in [-0.3, -0.25) is 14.9 Å². The maximum atomic E-state index is 12.0. The molecule has 1 N–H and O–H groups in total. The highest BCUT2D eigenvalue weighted by atomic mass is 32.1. The molecule has 23 heavy (non-hydrogen) atoms. The van der Waals surface area contributed by atoms with Gasteiger partial charge in [0.25, 0.3) is 5.69 Å². The lowest BCUT2D eigenvalue weighted by Crippen LogP contribution is -2.07. The number of nitrogens with one attached hydrogen (secondary N) is 1. The molecule has 0 unspecified atom stereocenters. The van der Waals surface area contributed by atoms with E-state index in [0.29, 0.717) is 16.1 Å². The van der Waals surface area contributed by atoms with Crippen LogP contribution in [0.2, 0.25) is 0 Å². The third-order valence-electron chi connectivity index (χ3n) is 3.24. The Hall–Kier alpha value is -2.98. The second kappa shape index (κ2) is 6.85. The summed E-state index contributed by atoms with van der Waals surface area (Å²) in [5.41, 5.74) is 1.83. The number of amides is 1. The minimum atomic E-state index is -0.492. The number of rotatable bonds is 4. The van der Waals surface area contributed by atoms with Gasteiger partial charge >= 0.3 is 0 Å². The quantitative estimate of drug-likeness (QED) is 0.525. The standard InChI is InChI=1S/C16H13N3O3S/c1-10-11(2)23-16(14(10)9-17)18-15(20)7-6-12-4-3-5-13(8-12)19(21)22/h3-8H,1-2H3,(H,18,20). The van der Waals surface area contributed by atoms with Crippen molar-refractivity contribution in [1.29, 1.82) is 5.26 Å². The molecule has 0 saturated carbocycles. The second-order valence-electron chi connectivity index (χ2n) is 4.77. The van der Waals surface area contributed by atoms with E-state index in [4.69, 9.17) is 5.26 Å². The molecule has 1 amide bonds. The molecular weight excluding hydrogens is 314 g/mol. The monoisotopic (exact) mass is 327 g/mol. The minimum Gasteiger partial charge on any atom is -0.313 e. The molecule has 0 atom stereocenters. The highest BCUT2D eigenvalue weighted by Crippen LogP contribution is 2.31. The van der Waals surface area contributed by atoms with E-state index < -0.39 is 10.8 Å². The fraction of sp³-hybridized carbons (Fsp3) is 0.125. The number of non-ortho nitro benzene ring substituents is 1. The van der Waals surface area contributed by atoms with Gasteiger partial charge in [0.2, 0.25) is 5.91 Å². The fourth-order valence-corrected chi connectivity index (χ4v) is 2.93. The van der Waals surface area contributed by atoms with E-state index in [0.717, 1.165) is 10.4 Å². The van der Waals surface area contributed by atoms with Crippen LogP contribution in [0.4, 0.5) is 10.7 Å². The number of hydrogen-bond donors (Lipinski definition) is 1. The number of thiophene rings is 1. The first-order valence-electron chi connectivity index (χ1n) is 6.66. The van der Waals surface area contributed by atoms with Crippen molar-refractivity contribution < 1.29 is 9.72 Å². The summed E-state index contributed by atoms with van der Waals surface area (Å²) in [6.45, 7) is 3.72. The Bertz CT molecular complexity index is 847. The number of nitriles is 1. The molecule has 0 spiro atoms. The zero-order chi connectivity index (χ0) is 17.0. The summed E-state index contributed by atoms with van der Waals surface area (Å²) in [6.07, 6.45) is 2.77. The van der Waals surface area contributed by atoms with Gasteiger partial charge in [-0.2, -0.15) is 5.26 Å². The first-order valence-corrected chi connectivity index (χ1v) is 7.47. The predicted molar refractivity (Wildman–Crippen MR) is 89.3 cm³/mol. The molecule has 116 valence electrons. The van der Waals surface area contributed by atoms with Crippen LogP contribution in [0.25, 0.3) is 6.08 Å². The summed E-state index contributed by atoms with van der Waals surface area (Å²) >= 11 is 1.34. The molecule has 0 fully saturated rings. The zero-order valence-corrected chi connectivity index (χ0v) is 13.3. The summed E-state index contributed by atoms with van der Waals surface area (Å²) in [7, 11) is 0. The highest BCUT2D eigenvalue weighted by Gasteiger charge is 2.13. The number of aryl methyl sites for hydroxylation is 1. The van der Waals surface area contributed by atoms with Crippen LogP contribution in [0.5, 0.6) is 0 Å². The van der Waals surface area contributed by atoms with Gasteiger partial charge < -0.3 is 5.32 Å². The number of nitro groups is 1. The van der Waals surface area contributed by atoms with Crippen LogP contribution in [0.15, 0.2) is 30.3 Å². The zero-order valence-electron chi connectivity index (χ0n) is 12.5. The van der Waals surface area contributed by atoms with Crippen molar-refractivity contribution in [2.75, 3.05) is 5.32 Å². The molecule has 0 saturated heterocycles. The Balaban J connectivity index is 2.14. The summed E-state index contributed by atoms with van der Waals surface area (Å²) in [4.78, 5) is 23.1. The Kier molecular flexibility index (Phi) is 4.88. The van der Waals surface area contributed by atoms with Gasteiger partial charge in [-0.25, -0.2) is 0 Å². The van der Waals surface area contributed by atoms with Crippen LogP contribution in [-0.4, -0.2) is 10.8 Å². The van der Waals surface area contributed by atoms with Crippen molar-refractivity contribution in [1.82, 2.24) is 0 Å². The fourth-order valence-electron chi connectivity index (χ4n) is 1.92. The molecule has 6 nitrogen and oxygen atoms in total. The van der Waals surface area contributed by atoms with Gasteiger partial charge in [-0.05, 0) is 31.1 Å². The van der Waals surface area contributed by atoms with Crippen molar-refractivity contribution >= 4 is 34.0 Å². The molecule has 1 aromatic heterocycles. The maximum absolute atomic E-state index is 12.0. The predicted octanol–water partition coefficient (Wildman–Crippen LogP) is 3.80. The maximum Gasteiger partial charge on any atom is 0.270 e. The SMILES string of the molecule is Cc1sc(NC(=O)C=Cc2cccc([N+](=O)[O-])c2)c(C#N)c1C. The van der Waals surface area contributed by atoms with E-state index in [1.54, 1.807) is 12.1 Å². The van der Waals surface area contributed by atoms with Crippen LogP contribution in [0, 0.1) is 35.3 Å². The van der Waals surface area contributed by atoms with Gasteiger partial charge in [0.15, 0.2) is 0 Å². The molecule has 0 aliphatic heterocycles. The first kappa shape index (κ1) is 16.4. The van der Waals surface area contributed by atoms with E-state index in [1.807, 2.05) is 13.8 Å². The molecule has 2 rings (SSSR count).